The standard InChI is InChI=1S/C25H32FN3O4S2/c1-18-3-9-22(10-4-18)35(32,33)29-14-11-20(12-15-29)24(30)28-23(13-16-34-2)25(31)27-17-19-5-7-21(26)8-6-19/h3-10,20,23H,11-17H2,1-2H3,(H,27,31)(H,28,30)/t23-/m0/s1. The van der Waals surface area contributed by atoms with Gasteiger partial charge < -0.3 is 10.6 Å². The molecule has 35 heavy (non-hydrogen) atoms. The third-order valence-electron chi connectivity index (χ3n) is 6.11. The lowest BCUT2D eigenvalue weighted by Crippen LogP contribution is -2.50. The molecule has 0 saturated carbocycles. The van der Waals surface area contributed by atoms with E-state index in [0.29, 0.717) is 25.0 Å². The number of thioether (sulfide) groups is 1. The number of carbonyl (C=O) groups excluding carboxylic acids is 2. The molecule has 1 aliphatic rings. The lowest BCUT2D eigenvalue weighted by atomic mass is 9.96. The van der Waals surface area contributed by atoms with E-state index in [1.807, 2.05) is 13.2 Å². The minimum atomic E-state index is -3.60. The van der Waals surface area contributed by atoms with E-state index >= 15 is 0 Å². The molecule has 1 saturated heterocycles. The number of nitrogens with zero attached hydrogens (tertiary/aromatic N) is 1. The third kappa shape index (κ3) is 7.52. The zero-order valence-electron chi connectivity index (χ0n) is 20.0. The number of sulfonamides is 1. The van der Waals surface area contributed by atoms with Gasteiger partial charge in [-0.1, -0.05) is 29.8 Å². The molecule has 7 nitrogen and oxygen atoms in total. The van der Waals surface area contributed by atoms with E-state index in [2.05, 4.69) is 10.6 Å². The molecule has 0 spiro atoms. The monoisotopic (exact) mass is 521 g/mol. The van der Waals surface area contributed by atoms with Crippen molar-refractivity contribution in [2.24, 2.45) is 5.92 Å². The summed E-state index contributed by atoms with van der Waals surface area (Å²) >= 11 is 1.58. The molecule has 0 aromatic heterocycles. The number of benzene rings is 2. The predicted molar refractivity (Wildman–Crippen MR) is 136 cm³/mol. The highest BCUT2D eigenvalue weighted by molar-refractivity contribution is 7.98. The fourth-order valence-electron chi connectivity index (χ4n) is 3.93. The van der Waals surface area contributed by atoms with Crippen molar-refractivity contribution in [2.75, 3.05) is 25.1 Å². The quantitative estimate of drug-likeness (QED) is 0.501. The van der Waals surface area contributed by atoms with E-state index in [0.717, 1.165) is 11.1 Å². The number of rotatable bonds is 10. The van der Waals surface area contributed by atoms with Crippen LogP contribution in [0, 0.1) is 18.7 Å². The molecular weight excluding hydrogens is 489 g/mol. The molecule has 0 bridgehead atoms. The second kappa shape index (κ2) is 12.5. The molecule has 2 aromatic rings. The lowest BCUT2D eigenvalue weighted by Gasteiger charge is -2.31. The van der Waals surface area contributed by atoms with Crippen molar-refractivity contribution in [3.8, 4) is 0 Å². The van der Waals surface area contributed by atoms with Crippen molar-refractivity contribution in [3.63, 3.8) is 0 Å². The smallest absolute Gasteiger partial charge is 0.243 e. The summed E-state index contributed by atoms with van der Waals surface area (Å²) in [6.45, 7) is 2.64. The number of amides is 2. The molecule has 1 fully saturated rings. The van der Waals surface area contributed by atoms with Crippen LogP contribution in [0.2, 0.25) is 0 Å². The number of carbonyl (C=O) groups is 2. The van der Waals surface area contributed by atoms with Crippen LogP contribution in [0.4, 0.5) is 4.39 Å². The van der Waals surface area contributed by atoms with Gasteiger partial charge in [-0.15, -0.1) is 0 Å². The van der Waals surface area contributed by atoms with Crippen molar-refractivity contribution >= 4 is 33.6 Å². The summed E-state index contributed by atoms with van der Waals surface area (Å²) in [5, 5.41) is 5.68. The van der Waals surface area contributed by atoms with Gasteiger partial charge in [-0.25, -0.2) is 12.8 Å². The molecule has 2 aromatic carbocycles. The van der Waals surface area contributed by atoms with E-state index in [4.69, 9.17) is 0 Å². The van der Waals surface area contributed by atoms with Crippen LogP contribution in [0.5, 0.6) is 0 Å². The van der Waals surface area contributed by atoms with Gasteiger partial charge in [-0.05, 0) is 68.0 Å². The van der Waals surface area contributed by atoms with Gasteiger partial charge in [0.25, 0.3) is 0 Å². The maximum atomic E-state index is 13.1. The summed E-state index contributed by atoms with van der Waals surface area (Å²) in [7, 11) is -3.60. The van der Waals surface area contributed by atoms with E-state index in [-0.39, 0.29) is 48.1 Å². The third-order valence-corrected chi connectivity index (χ3v) is 8.66. The fourth-order valence-corrected chi connectivity index (χ4v) is 5.87. The van der Waals surface area contributed by atoms with Crippen LogP contribution in [0.15, 0.2) is 53.4 Å². The topological polar surface area (TPSA) is 95.6 Å². The molecule has 1 atom stereocenters. The summed E-state index contributed by atoms with van der Waals surface area (Å²) in [5.74, 6) is -0.539. The second-order valence-corrected chi connectivity index (χ2v) is 11.6. The Morgan fingerprint density at radius 1 is 1.09 bits per heavy atom. The van der Waals surface area contributed by atoms with Crippen LogP contribution in [-0.4, -0.2) is 55.7 Å². The first-order valence-corrected chi connectivity index (χ1v) is 14.4. The Hall–Kier alpha value is -2.43. The Morgan fingerprint density at radius 2 is 1.71 bits per heavy atom. The lowest BCUT2D eigenvalue weighted by molar-refractivity contribution is -0.132. The summed E-state index contributed by atoms with van der Waals surface area (Å²) in [5.41, 5.74) is 1.74. The van der Waals surface area contributed by atoms with Crippen molar-refractivity contribution in [3.05, 3.63) is 65.5 Å². The molecule has 2 amide bonds. The van der Waals surface area contributed by atoms with Crippen molar-refractivity contribution in [2.45, 2.75) is 43.7 Å². The van der Waals surface area contributed by atoms with E-state index in [1.165, 1.54) is 16.4 Å². The Morgan fingerprint density at radius 3 is 2.31 bits per heavy atom. The van der Waals surface area contributed by atoms with Gasteiger partial charge in [0.15, 0.2) is 0 Å². The zero-order chi connectivity index (χ0) is 25.4. The number of hydrogen-bond donors (Lipinski definition) is 2. The highest BCUT2D eigenvalue weighted by Gasteiger charge is 2.33. The first-order chi connectivity index (χ1) is 16.7. The van der Waals surface area contributed by atoms with Crippen LogP contribution in [-0.2, 0) is 26.2 Å². The maximum absolute atomic E-state index is 13.1. The van der Waals surface area contributed by atoms with Crippen molar-refractivity contribution in [1.29, 1.82) is 0 Å². The zero-order valence-corrected chi connectivity index (χ0v) is 21.6. The van der Waals surface area contributed by atoms with Gasteiger partial charge in [-0.2, -0.15) is 16.1 Å². The maximum Gasteiger partial charge on any atom is 0.243 e. The van der Waals surface area contributed by atoms with Crippen LogP contribution in [0.1, 0.15) is 30.4 Å². The predicted octanol–water partition coefficient (Wildman–Crippen LogP) is 3.09. The highest BCUT2D eigenvalue weighted by atomic mass is 32.2. The molecule has 1 heterocycles. The van der Waals surface area contributed by atoms with Crippen molar-refractivity contribution < 1.29 is 22.4 Å². The average molecular weight is 522 g/mol. The van der Waals surface area contributed by atoms with E-state index < -0.39 is 16.1 Å². The first kappa shape index (κ1) is 27.2. The normalized spacial score (nSPS) is 16.0. The number of aryl methyl sites for hydroxylation is 1. The van der Waals surface area contributed by atoms with Crippen LogP contribution in [0.3, 0.4) is 0 Å². The number of nitrogens with one attached hydrogen (secondary N) is 2. The van der Waals surface area contributed by atoms with Gasteiger partial charge in [0, 0.05) is 25.6 Å². The molecular formula is C25H32FN3O4S2. The molecule has 2 N–H and O–H groups in total. The van der Waals surface area contributed by atoms with Crippen molar-refractivity contribution in [1.82, 2.24) is 14.9 Å². The van der Waals surface area contributed by atoms with Gasteiger partial charge in [0.2, 0.25) is 21.8 Å². The molecule has 1 aliphatic heterocycles. The van der Waals surface area contributed by atoms with Crippen LogP contribution in [0.25, 0.3) is 0 Å². The number of hydrogen-bond acceptors (Lipinski definition) is 5. The Kier molecular flexibility index (Phi) is 9.71. The SMILES string of the molecule is CSCC[C@H](NC(=O)C1CCN(S(=O)(=O)c2ccc(C)cc2)CC1)C(=O)NCc1ccc(F)cc1. The summed E-state index contributed by atoms with van der Waals surface area (Å²) < 4.78 is 40.3. The molecule has 10 heteroatoms. The first-order valence-electron chi connectivity index (χ1n) is 11.6. The summed E-state index contributed by atoms with van der Waals surface area (Å²) in [4.78, 5) is 26.0. The summed E-state index contributed by atoms with van der Waals surface area (Å²) in [6, 6.07) is 11.9. The molecule has 0 unspecified atom stereocenters. The van der Waals surface area contributed by atoms with Crippen LogP contribution < -0.4 is 10.6 Å². The van der Waals surface area contributed by atoms with Gasteiger partial charge in [0.1, 0.15) is 11.9 Å². The Bertz CT molecular complexity index is 1100. The molecule has 0 aliphatic carbocycles. The fraction of sp³-hybridized carbons (Fsp3) is 0.440. The Balaban J connectivity index is 1.55. The van der Waals surface area contributed by atoms with E-state index in [1.54, 1.807) is 48.2 Å². The second-order valence-electron chi connectivity index (χ2n) is 8.68. The van der Waals surface area contributed by atoms with Gasteiger partial charge in [0.05, 0.1) is 4.90 Å². The highest BCUT2D eigenvalue weighted by Crippen LogP contribution is 2.24. The average Bonchev–Trinajstić information content (AvgIpc) is 2.86. The largest absolute Gasteiger partial charge is 0.350 e. The van der Waals surface area contributed by atoms with Crippen LogP contribution >= 0.6 is 11.8 Å². The Labute approximate surface area is 210 Å². The number of halogens is 1. The number of piperidine rings is 1. The molecule has 0 radical (unpaired) electrons. The minimum Gasteiger partial charge on any atom is -0.350 e. The minimum absolute atomic E-state index is 0.236. The molecule has 190 valence electrons. The summed E-state index contributed by atoms with van der Waals surface area (Å²) in [6.07, 6.45) is 3.19. The van der Waals surface area contributed by atoms with E-state index in [9.17, 15) is 22.4 Å². The van der Waals surface area contributed by atoms with Gasteiger partial charge in [-0.3, -0.25) is 9.59 Å². The van der Waals surface area contributed by atoms with Gasteiger partial charge >= 0.3 is 0 Å². The molecule has 3 rings (SSSR count).